The molecule has 1 saturated heterocycles. The van der Waals surface area contributed by atoms with Crippen LogP contribution in [0.2, 0.25) is 0 Å². The Hall–Kier alpha value is -0.160. The van der Waals surface area contributed by atoms with Gasteiger partial charge in [0.25, 0.3) is 0 Å². The van der Waals surface area contributed by atoms with E-state index in [9.17, 15) is 0 Å². The van der Waals surface area contributed by atoms with Crippen LogP contribution in [0, 0.1) is 0 Å². The van der Waals surface area contributed by atoms with Crippen molar-refractivity contribution < 1.29 is 0 Å². The molecule has 0 radical (unpaired) electrons. The molecule has 2 heterocycles. The zero-order chi connectivity index (χ0) is 9.97. The quantitative estimate of drug-likeness (QED) is 0.863. The first kappa shape index (κ1) is 12.9. The average Bonchev–Trinajstić information content (AvgIpc) is 2.66. The molecule has 3 nitrogen and oxygen atoms in total. The number of rotatable bonds is 2. The number of halogens is 1. The molecule has 1 aliphatic rings. The molecule has 0 bridgehead atoms. The van der Waals surface area contributed by atoms with Crippen molar-refractivity contribution in [1.82, 2.24) is 15.2 Å². The highest BCUT2D eigenvalue weighted by Crippen LogP contribution is 2.14. The molecule has 0 aromatic carbocycles. The standard InChI is InChI=1S/C10H17N3S.ClH/c1-8-9(2)13(5-3-11-8)7-10-12-4-6-14-10;/h4,6,8-9,11H,3,5,7H2,1-2H3;1H. The Bertz CT molecular complexity index is 278. The summed E-state index contributed by atoms with van der Waals surface area (Å²) in [7, 11) is 0. The molecular weight excluding hydrogens is 230 g/mol. The van der Waals surface area contributed by atoms with E-state index in [1.54, 1.807) is 11.3 Å². The van der Waals surface area contributed by atoms with Gasteiger partial charge < -0.3 is 5.32 Å². The lowest BCUT2D eigenvalue weighted by Gasteiger charge is -2.38. The van der Waals surface area contributed by atoms with E-state index in [-0.39, 0.29) is 12.4 Å². The Morgan fingerprint density at radius 3 is 3.07 bits per heavy atom. The number of nitrogens with one attached hydrogen (secondary N) is 1. The highest BCUT2D eigenvalue weighted by molar-refractivity contribution is 7.09. The lowest BCUT2D eigenvalue weighted by atomic mass is 10.1. The van der Waals surface area contributed by atoms with Gasteiger partial charge in [-0.05, 0) is 13.8 Å². The second-order valence-corrected chi connectivity index (χ2v) is 4.86. The van der Waals surface area contributed by atoms with Crippen molar-refractivity contribution in [2.75, 3.05) is 13.1 Å². The molecule has 1 N–H and O–H groups in total. The fraction of sp³-hybridized carbons (Fsp3) is 0.700. The van der Waals surface area contributed by atoms with Crippen molar-refractivity contribution in [2.24, 2.45) is 0 Å². The molecular formula is C10H18ClN3S. The smallest absolute Gasteiger partial charge is 0.107 e. The third-order valence-electron chi connectivity index (χ3n) is 2.99. The third kappa shape index (κ3) is 3.14. The summed E-state index contributed by atoms with van der Waals surface area (Å²) in [6.07, 6.45) is 1.89. The van der Waals surface area contributed by atoms with E-state index >= 15 is 0 Å². The third-order valence-corrected chi connectivity index (χ3v) is 3.75. The number of nitrogens with zero attached hydrogens (tertiary/aromatic N) is 2. The molecule has 15 heavy (non-hydrogen) atoms. The average molecular weight is 248 g/mol. The number of piperazine rings is 1. The van der Waals surface area contributed by atoms with E-state index in [1.165, 1.54) is 5.01 Å². The van der Waals surface area contributed by atoms with Crippen LogP contribution in [0.25, 0.3) is 0 Å². The van der Waals surface area contributed by atoms with Gasteiger partial charge in [-0.1, -0.05) is 0 Å². The molecule has 0 aliphatic carbocycles. The number of hydrogen-bond donors (Lipinski definition) is 1. The topological polar surface area (TPSA) is 28.2 Å². The fourth-order valence-corrected chi connectivity index (χ4v) is 2.49. The van der Waals surface area contributed by atoms with E-state index in [0.29, 0.717) is 12.1 Å². The van der Waals surface area contributed by atoms with Gasteiger partial charge in [-0.25, -0.2) is 4.98 Å². The molecule has 1 aliphatic heterocycles. The molecule has 0 amide bonds. The molecule has 1 aromatic heterocycles. The van der Waals surface area contributed by atoms with Crippen LogP contribution in [0.4, 0.5) is 0 Å². The van der Waals surface area contributed by atoms with Gasteiger partial charge in [-0.3, -0.25) is 4.90 Å². The molecule has 0 spiro atoms. The molecule has 2 atom stereocenters. The predicted octanol–water partition coefficient (Wildman–Crippen LogP) is 1.75. The zero-order valence-corrected chi connectivity index (χ0v) is 10.8. The predicted molar refractivity (Wildman–Crippen MR) is 66.7 cm³/mol. The SMILES string of the molecule is CC1NCCN(Cc2nccs2)C1C.Cl. The number of thiazole rings is 1. The second-order valence-electron chi connectivity index (χ2n) is 3.88. The molecule has 5 heteroatoms. The minimum Gasteiger partial charge on any atom is -0.311 e. The second kappa shape index (κ2) is 5.80. The van der Waals surface area contributed by atoms with Crippen molar-refractivity contribution in [3.63, 3.8) is 0 Å². The van der Waals surface area contributed by atoms with Crippen molar-refractivity contribution in [3.05, 3.63) is 16.6 Å². The summed E-state index contributed by atoms with van der Waals surface area (Å²) < 4.78 is 0. The summed E-state index contributed by atoms with van der Waals surface area (Å²) in [5, 5.41) is 6.76. The van der Waals surface area contributed by atoms with E-state index in [1.807, 2.05) is 11.6 Å². The van der Waals surface area contributed by atoms with Gasteiger partial charge in [0.15, 0.2) is 0 Å². The van der Waals surface area contributed by atoms with Gasteiger partial charge in [-0.2, -0.15) is 0 Å². The van der Waals surface area contributed by atoms with Crippen LogP contribution in [-0.2, 0) is 6.54 Å². The highest BCUT2D eigenvalue weighted by Gasteiger charge is 2.24. The normalized spacial score (nSPS) is 27.3. The van der Waals surface area contributed by atoms with Gasteiger partial charge in [0.1, 0.15) is 5.01 Å². The van der Waals surface area contributed by atoms with E-state index in [4.69, 9.17) is 0 Å². The summed E-state index contributed by atoms with van der Waals surface area (Å²) in [6.45, 7) is 7.76. The molecule has 1 fully saturated rings. The minimum absolute atomic E-state index is 0. The van der Waals surface area contributed by atoms with Gasteiger partial charge in [0, 0.05) is 36.8 Å². The first-order chi connectivity index (χ1) is 6.77. The van der Waals surface area contributed by atoms with Crippen molar-refractivity contribution in [2.45, 2.75) is 32.5 Å². The van der Waals surface area contributed by atoms with Crippen molar-refractivity contribution in [1.29, 1.82) is 0 Å². The minimum atomic E-state index is 0. The Morgan fingerprint density at radius 1 is 1.60 bits per heavy atom. The Balaban J connectivity index is 0.00000112. The van der Waals surface area contributed by atoms with Gasteiger partial charge in [0.05, 0.1) is 6.54 Å². The monoisotopic (exact) mass is 247 g/mol. The van der Waals surface area contributed by atoms with Crippen LogP contribution in [0.15, 0.2) is 11.6 Å². The maximum atomic E-state index is 4.33. The molecule has 86 valence electrons. The number of hydrogen-bond acceptors (Lipinski definition) is 4. The van der Waals surface area contributed by atoms with Crippen LogP contribution < -0.4 is 5.32 Å². The maximum absolute atomic E-state index is 4.33. The Morgan fingerprint density at radius 2 is 2.40 bits per heavy atom. The van der Waals surface area contributed by atoms with Crippen LogP contribution in [0.3, 0.4) is 0 Å². The van der Waals surface area contributed by atoms with E-state index in [0.717, 1.165) is 19.6 Å². The Kier molecular flexibility index (Phi) is 4.99. The van der Waals surface area contributed by atoms with Gasteiger partial charge in [0.2, 0.25) is 0 Å². The van der Waals surface area contributed by atoms with Crippen molar-refractivity contribution in [3.8, 4) is 0 Å². The first-order valence-corrected chi connectivity index (χ1v) is 6.01. The lowest BCUT2D eigenvalue weighted by Crippen LogP contribution is -2.54. The molecule has 2 unspecified atom stereocenters. The summed E-state index contributed by atoms with van der Waals surface area (Å²) in [5.74, 6) is 0. The van der Waals surface area contributed by atoms with Crippen molar-refractivity contribution >= 4 is 23.7 Å². The summed E-state index contributed by atoms with van der Waals surface area (Å²) >= 11 is 1.75. The fourth-order valence-electron chi connectivity index (χ4n) is 1.85. The Labute approximate surface area is 101 Å². The maximum Gasteiger partial charge on any atom is 0.107 e. The van der Waals surface area contributed by atoms with Crippen LogP contribution in [-0.4, -0.2) is 35.1 Å². The van der Waals surface area contributed by atoms with Crippen LogP contribution >= 0.6 is 23.7 Å². The summed E-state index contributed by atoms with van der Waals surface area (Å²) in [5.41, 5.74) is 0. The van der Waals surface area contributed by atoms with Gasteiger partial charge >= 0.3 is 0 Å². The zero-order valence-electron chi connectivity index (χ0n) is 9.14. The summed E-state index contributed by atoms with van der Waals surface area (Å²) in [6, 6.07) is 1.19. The van der Waals surface area contributed by atoms with Crippen LogP contribution in [0.5, 0.6) is 0 Å². The lowest BCUT2D eigenvalue weighted by molar-refractivity contribution is 0.130. The largest absolute Gasteiger partial charge is 0.311 e. The molecule has 2 rings (SSSR count). The molecule has 0 saturated carbocycles. The molecule has 1 aromatic rings. The first-order valence-electron chi connectivity index (χ1n) is 5.13. The van der Waals surface area contributed by atoms with Crippen LogP contribution in [0.1, 0.15) is 18.9 Å². The van der Waals surface area contributed by atoms with E-state index in [2.05, 4.69) is 29.0 Å². The highest BCUT2D eigenvalue weighted by atomic mass is 35.5. The summed E-state index contributed by atoms with van der Waals surface area (Å²) in [4.78, 5) is 6.83. The number of aromatic nitrogens is 1. The van der Waals surface area contributed by atoms with E-state index < -0.39 is 0 Å². The van der Waals surface area contributed by atoms with Gasteiger partial charge in [-0.15, -0.1) is 23.7 Å².